The monoisotopic (exact) mass is 326 g/mol. The van der Waals surface area contributed by atoms with E-state index >= 15 is 0 Å². The van der Waals surface area contributed by atoms with Gasteiger partial charge in [0.25, 0.3) is 0 Å². The van der Waals surface area contributed by atoms with Crippen LogP contribution in [0.15, 0.2) is 36.4 Å². The lowest BCUT2D eigenvalue weighted by Crippen LogP contribution is -1.98. The minimum absolute atomic E-state index is 0.0829. The van der Waals surface area contributed by atoms with Crippen molar-refractivity contribution in [2.45, 2.75) is 6.92 Å². The van der Waals surface area contributed by atoms with Gasteiger partial charge in [0, 0.05) is 30.8 Å². The van der Waals surface area contributed by atoms with Gasteiger partial charge in [-0.05, 0) is 25.1 Å². The van der Waals surface area contributed by atoms with Gasteiger partial charge in [0.05, 0.1) is 23.0 Å². The maximum Gasteiger partial charge on any atom is 0.223 e. The van der Waals surface area contributed by atoms with Crippen molar-refractivity contribution in [2.75, 3.05) is 0 Å². The molecule has 7 heteroatoms. The van der Waals surface area contributed by atoms with Crippen molar-refractivity contribution in [3.05, 3.63) is 59.3 Å². The second kappa shape index (κ2) is 6.08. The number of rotatable bonds is 3. The van der Waals surface area contributed by atoms with E-state index in [4.69, 9.17) is 10.00 Å². The number of hydrogen-bond acceptors (Lipinski definition) is 4. The molecule has 0 radical (unpaired) electrons. The standard InChI is InChI=1S/C17H12F2N4O/c1-10-5-17(23(2)22-10)24-16-7-11(9-20)6-15(21-16)13-4-3-12(18)8-14(13)19/h3-8H,1-2H3. The summed E-state index contributed by atoms with van der Waals surface area (Å²) in [6.45, 7) is 1.81. The van der Waals surface area contributed by atoms with Gasteiger partial charge in [0.15, 0.2) is 0 Å². The highest BCUT2D eigenvalue weighted by Gasteiger charge is 2.13. The number of benzene rings is 1. The molecule has 0 fully saturated rings. The molecule has 0 N–H and O–H groups in total. The summed E-state index contributed by atoms with van der Waals surface area (Å²) in [7, 11) is 1.71. The van der Waals surface area contributed by atoms with Crippen molar-refractivity contribution < 1.29 is 13.5 Å². The Balaban J connectivity index is 2.05. The molecule has 2 aromatic heterocycles. The molecule has 1 aromatic carbocycles. The summed E-state index contributed by atoms with van der Waals surface area (Å²) in [5, 5.41) is 13.3. The van der Waals surface area contributed by atoms with Crippen molar-refractivity contribution in [1.82, 2.24) is 14.8 Å². The van der Waals surface area contributed by atoms with E-state index in [2.05, 4.69) is 10.1 Å². The van der Waals surface area contributed by atoms with Gasteiger partial charge in [0.1, 0.15) is 11.6 Å². The quantitative estimate of drug-likeness (QED) is 0.735. The number of ether oxygens (including phenoxy) is 1. The molecule has 0 saturated carbocycles. The molecule has 5 nitrogen and oxygen atoms in total. The minimum atomic E-state index is -0.764. The van der Waals surface area contributed by atoms with E-state index in [0.29, 0.717) is 5.88 Å². The first-order chi connectivity index (χ1) is 11.5. The maximum atomic E-state index is 14.0. The third-order valence-electron chi connectivity index (χ3n) is 3.31. The Bertz CT molecular complexity index is 960. The van der Waals surface area contributed by atoms with Crippen molar-refractivity contribution in [3.8, 4) is 29.1 Å². The average molecular weight is 326 g/mol. The number of halogens is 2. The molecule has 0 unspecified atom stereocenters. The van der Waals surface area contributed by atoms with Gasteiger partial charge in [-0.3, -0.25) is 0 Å². The Morgan fingerprint density at radius 3 is 2.58 bits per heavy atom. The zero-order valence-electron chi connectivity index (χ0n) is 12.9. The maximum absolute atomic E-state index is 14.0. The zero-order chi connectivity index (χ0) is 17.3. The van der Waals surface area contributed by atoms with Crippen LogP contribution in [0.1, 0.15) is 11.3 Å². The van der Waals surface area contributed by atoms with Crippen LogP contribution in [0.25, 0.3) is 11.3 Å². The minimum Gasteiger partial charge on any atom is -0.421 e. The largest absolute Gasteiger partial charge is 0.421 e. The lowest BCUT2D eigenvalue weighted by molar-refractivity contribution is 0.416. The summed E-state index contributed by atoms with van der Waals surface area (Å²) in [5.41, 5.74) is 1.27. The third-order valence-corrected chi connectivity index (χ3v) is 3.31. The van der Waals surface area contributed by atoms with Gasteiger partial charge < -0.3 is 4.74 Å². The van der Waals surface area contributed by atoms with Crippen molar-refractivity contribution >= 4 is 0 Å². The topological polar surface area (TPSA) is 63.7 Å². The lowest BCUT2D eigenvalue weighted by atomic mass is 10.1. The number of nitrogens with zero attached hydrogens (tertiary/aromatic N) is 4. The van der Waals surface area contributed by atoms with Crippen LogP contribution in [0.4, 0.5) is 8.78 Å². The van der Waals surface area contributed by atoms with Crippen LogP contribution >= 0.6 is 0 Å². The predicted molar refractivity (Wildman–Crippen MR) is 82.3 cm³/mol. The fraction of sp³-hybridized carbons (Fsp3) is 0.118. The van der Waals surface area contributed by atoms with Crippen LogP contribution in [0.3, 0.4) is 0 Å². The Labute approximate surface area is 136 Å². The summed E-state index contributed by atoms with van der Waals surface area (Å²) in [5.74, 6) is -0.897. The molecule has 0 spiro atoms. The second-order valence-electron chi connectivity index (χ2n) is 5.16. The fourth-order valence-corrected chi connectivity index (χ4v) is 2.25. The Morgan fingerprint density at radius 1 is 1.17 bits per heavy atom. The molecule has 0 saturated heterocycles. The van der Waals surface area contributed by atoms with E-state index < -0.39 is 11.6 Å². The molecule has 0 aliphatic rings. The molecule has 2 heterocycles. The summed E-state index contributed by atoms with van der Waals surface area (Å²) in [6.07, 6.45) is 0. The highest BCUT2D eigenvalue weighted by molar-refractivity contribution is 5.62. The van der Waals surface area contributed by atoms with E-state index in [1.807, 2.05) is 13.0 Å². The first-order valence-electron chi connectivity index (χ1n) is 7.02. The number of aryl methyl sites for hydroxylation is 2. The van der Waals surface area contributed by atoms with Crippen LogP contribution in [0.2, 0.25) is 0 Å². The van der Waals surface area contributed by atoms with Gasteiger partial charge in [0.2, 0.25) is 11.8 Å². The van der Waals surface area contributed by atoms with Crippen LogP contribution in [0, 0.1) is 29.9 Å². The normalized spacial score (nSPS) is 10.5. The van der Waals surface area contributed by atoms with E-state index in [9.17, 15) is 8.78 Å². The lowest BCUT2D eigenvalue weighted by Gasteiger charge is -2.08. The smallest absolute Gasteiger partial charge is 0.223 e. The summed E-state index contributed by atoms with van der Waals surface area (Å²) in [4.78, 5) is 4.21. The second-order valence-corrected chi connectivity index (χ2v) is 5.16. The molecule has 24 heavy (non-hydrogen) atoms. The van der Waals surface area contributed by atoms with Gasteiger partial charge >= 0.3 is 0 Å². The highest BCUT2D eigenvalue weighted by Crippen LogP contribution is 2.27. The van der Waals surface area contributed by atoms with Crippen LogP contribution in [-0.4, -0.2) is 14.8 Å². The number of nitriles is 1. The van der Waals surface area contributed by atoms with Gasteiger partial charge in [-0.25, -0.2) is 18.4 Å². The molecule has 0 atom stereocenters. The number of aromatic nitrogens is 3. The molecular weight excluding hydrogens is 314 g/mol. The SMILES string of the molecule is Cc1cc(Oc2cc(C#N)cc(-c3ccc(F)cc3F)n2)n(C)n1. The Hall–Kier alpha value is -3.27. The van der Waals surface area contributed by atoms with E-state index in [0.717, 1.165) is 17.8 Å². The molecule has 120 valence electrons. The summed E-state index contributed by atoms with van der Waals surface area (Å²) < 4.78 is 34.2. The van der Waals surface area contributed by atoms with Crippen LogP contribution in [-0.2, 0) is 7.05 Å². The van der Waals surface area contributed by atoms with Crippen molar-refractivity contribution in [1.29, 1.82) is 5.26 Å². The Kier molecular flexibility index (Phi) is 3.96. The van der Waals surface area contributed by atoms with E-state index in [-0.39, 0.29) is 22.7 Å². The highest BCUT2D eigenvalue weighted by atomic mass is 19.1. The van der Waals surface area contributed by atoms with Crippen LogP contribution < -0.4 is 4.74 Å². The van der Waals surface area contributed by atoms with Gasteiger partial charge in [-0.1, -0.05) is 0 Å². The number of pyridine rings is 1. The molecule has 0 amide bonds. The third kappa shape index (κ3) is 3.08. The summed E-state index contributed by atoms with van der Waals surface area (Å²) in [6, 6.07) is 9.70. The van der Waals surface area contributed by atoms with Gasteiger partial charge in [-0.2, -0.15) is 10.4 Å². The first kappa shape index (κ1) is 15.6. The zero-order valence-corrected chi connectivity index (χ0v) is 12.9. The molecule has 3 rings (SSSR count). The number of hydrogen-bond donors (Lipinski definition) is 0. The fourth-order valence-electron chi connectivity index (χ4n) is 2.25. The first-order valence-corrected chi connectivity index (χ1v) is 7.02. The summed E-state index contributed by atoms with van der Waals surface area (Å²) >= 11 is 0. The Morgan fingerprint density at radius 2 is 1.96 bits per heavy atom. The van der Waals surface area contributed by atoms with Gasteiger partial charge in [-0.15, -0.1) is 0 Å². The molecule has 0 aliphatic carbocycles. The van der Waals surface area contributed by atoms with E-state index in [1.54, 1.807) is 13.1 Å². The van der Waals surface area contributed by atoms with Crippen molar-refractivity contribution in [3.63, 3.8) is 0 Å². The molecule has 3 aromatic rings. The molecular formula is C17H12F2N4O. The average Bonchev–Trinajstić information content (AvgIpc) is 2.84. The molecule has 0 aliphatic heterocycles. The predicted octanol–water partition coefficient (Wildman–Crippen LogP) is 3.73. The van der Waals surface area contributed by atoms with Crippen molar-refractivity contribution in [2.24, 2.45) is 7.05 Å². The molecule has 0 bridgehead atoms. The van der Waals surface area contributed by atoms with E-state index in [1.165, 1.54) is 22.9 Å². The van der Waals surface area contributed by atoms with Crippen LogP contribution in [0.5, 0.6) is 11.8 Å².